The van der Waals surface area contributed by atoms with Gasteiger partial charge in [0.2, 0.25) is 0 Å². The number of H-pyrrole nitrogens is 1. The molecule has 1 heterocycles. The highest BCUT2D eigenvalue weighted by Crippen LogP contribution is 2.12. The SMILES string of the molecule is CC(=O)OCCn1cc(-c2ccccc2)c(=O)[nH]c1=O. The second kappa shape index (κ2) is 6.01. The molecule has 1 aromatic carbocycles. The summed E-state index contributed by atoms with van der Waals surface area (Å²) in [6, 6.07) is 9.03. The van der Waals surface area contributed by atoms with Gasteiger partial charge in [-0.2, -0.15) is 0 Å². The number of nitrogens with zero attached hydrogens (tertiary/aromatic N) is 1. The summed E-state index contributed by atoms with van der Waals surface area (Å²) in [4.78, 5) is 36.4. The van der Waals surface area contributed by atoms with Crippen LogP contribution in [-0.4, -0.2) is 22.1 Å². The molecule has 0 fully saturated rings. The third-order valence-electron chi connectivity index (χ3n) is 2.73. The monoisotopic (exact) mass is 274 g/mol. The lowest BCUT2D eigenvalue weighted by Crippen LogP contribution is -2.31. The zero-order valence-corrected chi connectivity index (χ0v) is 11.0. The first-order valence-corrected chi connectivity index (χ1v) is 6.10. The van der Waals surface area contributed by atoms with Gasteiger partial charge in [-0.15, -0.1) is 0 Å². The van der Waals surface area contributed by atoms with Gasteiger partial charge < -0.3 is 4.74 Å². The third-order valence-corrected chi connectivity index (χ3v) is 2.73. The number of benzene rings is 1. The van der Waals surface area contributed by atoms with Crippen molar-refractivity contribution in [2.24, 2.45) is 0 Å². The van der Waals surface area contributed by atoms with Gasteiger partial charge in [-0.25, -0.2) is 4.79 Å². The smallest absolute Gasteiger partial charge is 0.328 e. The molecule has 0 bridgehead atoms. The van der Waals surface area contributed by atoms with Gasteiger partial charge in [-0.1, -0.05) is 30.3 Å². The van der Waals surface area contributed by atoms with Gasteiger partial charge in [0.05, 0.1) is 12.1 Å². The molecule has 2 rings (SSSR count). The van der Waals surface area contributed by atoms with Crippen molar-refractivity contribution in [2.45, 2.75) is 13.5 Å². The number of rotatable bonds is 4. The lowest BCUT2D eigenvalue weighted by Gasteiger charge is -2.07. The predicted octanol–water partition coefficient (Wildman–Crippen LogP) is 0.767. The number of aromatic amines is 1. The van der Waals surface area contributed by atoms with Crippen LogP contribution in [0.4, 0.5) is 0 Å². The fourth-order valence-electron chi connectivity index (χ4n) is 1.79. The minimum atomic E-state index is -0.526. The zero-order valence-electron chi connectivity index (χ0n) is 11.0. The van der Waals surface area contributed by atoms with Crippen molar-refractivity contribution >= 4 is 5.97 Å². The van der Waals surface area contributed by atoms with E-state index in [1.807, 2.05) is 18.2 Å². The van der Waals surface area contributed by atoms with E-state index in [1.54, 1.807) is 12.1 Å². The first-order chi connectivity index (χ1) is 9.58. The Kier molecular flexibility index (Phi) is 4.14. The zero-order chi connectivity index (χ0) is 14.5. The summed E-state index contributed by atoms with van der Waals surface area (Å²) < 4.78 is 6.10. The topological polar surface area (TPSA) is 81.2 Å². The van der Waals surface area contributed by atoms with Crippen LogP contribution >= 0.6 is 0 Å². The maximum Gasteiger partial charge on any atom is 0.328 e. The Balaban J connectivity index is 2.33. The molecule has 1 N–H and O–H groups in total. The molecular formula is C14H14N2O4. The van der Waals surface area contributed by atoms with Crippen molar-refractivity contribution < 1.29 is 9.53 Å². The minimum Gasteiger partial charge on any atom is -0.464 e. The Morgan fingerprint density at radius 1 is 1.25 bits per heavy atom. The van der Waals surface area contributed by atoms with Crippen LogP contribution < -0.4 is 11.2 Å². The highest BCUT2D eigenvalue weighted by molar-refractivity contribution is 5.65. The van der Waals surface area contributed by atoms with E-state index in [1.165, 1.54) is 17.7 Å². The molecule has 0 saturated heterocycles. The molecule has 0 amide bonds. The van der Waals surface area contributed by atoms with E-state index in [2.05, 4.69) is 4.98 Å². The number of ether oxygens (including phenoxy) is 1. The number of aromatic nitrogens is 2. The predicted molar refractivity (Wildman–Crippen MR) is 73.4 cm³/mol. The standard InChI is InChI=1S/C14H14N2O4/c1-10(17)20-8-7-16-9-12(13(18)15-14(16)19)11-5-3-2-4-6-11/h2-6,9H,7-8H2,1H3,(H,15,18,19). The fourth-order valence-corrected chi connectivity index (χ4v) is 1.79. The molecule has 6 heteroatoms. The summed E-state index contributed by atoms with van der Waals surface area (Å²) in [6.07, 6.45) is 1.47. The largest absolute Gasteiger partial charge is 0.464 e. The Labute approximate surface area is 114 Å². The van der Waals surface area contributed by atoms with Gasteiger partial charge in [0, 0.05) is 13.1 Å². The number of carbonyl (C=O) groups is 1. The minimum absolute atomic E-state index is 0.0789. The third kappa shape index (κ3) is 3.23. The highest BCUT2D eigenvalue weighted by atomic mass is 16.5. The van der Waals surface area contributed by atoms with Crippen LogP contribution in [0, 0.1) is 0 Å². The Morgan fingerprint density at radius 3 is 2.60 bits per heavy atom. The summed E-state index contributed by atoms with van der Waals surface area (Å²) >= 11 is 0. The van der Waals surface area contributed by atoms with Crippen molar-refractivity contribution in [1.29, 1.82) is 0 Å². The Hall–Kier alpha value is -2.63. The number of esters is 1. The lowest BCUT2D eigenvalue weighted by atomic mass is 10.1. The molecule has 0 radical (unpaired) electrons. The average molecular weight is 274 g/mol. The molecule has 2 aromatic rings. The molecule has 0 aliphatic heterocycles. The average Bonchev–Trinajstić information content (AvgIpc) is 2.42. The van der Waals surface area contributed by atoms with Crippen LogP contribution in [0.5, 0.6) is 0 Å². The first kappa shape index (κ1) is 13.8. The van der Waals surface area contributed by atoms with Gasteiger partial charge in [0.15, 0.2) is 0 Å². The van der Waals surface area contributed by atoms with Gasteiger partial charge >= 0.3 is 11.7 Å². The number of nitrogens with one attached hydrogen (secondary N) is 1. The molecule has 0 atom stereocenters. The van der Waals surface area contributed by atoms with Crippen LogP contribution in [0.3, 0.4) is 0 Å². The summed E-state index contributed by atoms with van der Waals surface area (Å²) in [6.45, 7) is 1.57. The summed E-state index contributed by atoms with van der Waals surface area (Å²) in [5, 5.41) is 0. The number of carbonyl (C=O) groups excluding carboxylic acids is 1. The van der Waals surface area contributed by atoms with Gasteiger partial charge in [-0.3, -0.25) is 19.1 Å². The summed E-state index contributed by atoms with van der Waals surface area (Å²) in [5.74, 6) is -0.411. The van der Waals surface area contributed by atoms with Crippen molar-refractivity contribution in [3.8, 4) is 11.1 Å². The first-order valence-electron chi connectivity index (χ1n) is 6.10. The van der Waals surface area contributed by atoms with Gasteiger partial charge in [-0.05, 0) is 5.56 Å². The summed E-state index contributed by atoms with van der Waals surface area (Å²) in [5.41, 5.74) is 0.148. The van der Waals surface area contributed by atoms with Crippen LogP contribution in [0.15, 0.2) is 46.1 Å². The van der Waals surface area contributed by atoms with Gasteiger partial charge in [0.25, 0.3) is 5.56 Å². The molecule has 1 aromatic heterocycles. The Morgan fingerprint density at radius 2 is 1.95 bits per heavy atom. The number of hydrogen-bond acceptors (Lipinski definition) is 4. The van der Waals surface area contributed by atoms with Crippen LogP contribution in [-0.2, 0) is 16.1 Å². The maximum absolute atomic E-state index is 11.8. The van der Waals surface area contributed by atoms with E-state index in [0.29, 0.717) is 5.56 Å². The second-order valence-corrected chi connectivity index (χ2v) is 4.20. The molecule has 0 spiro atoms. The lowest BCUT2D eigenvalue weighted by molar-refractivity contribution is -0.141. The van der Waals surface area contributed by atoms with Crippen LogP contribution in [0.2, 0.25) is 0 Å². The molecule has 20 heavy (non-hydrogen) atoms. The van der Waals surface area contributed by atoms with Crippen molar-refractivity contribution in [2.75, 3.05) is 6.61 Å². The number of hydrogen-bond donors (Lipinski definition) is 1. The van der Waals surface area contributed by atoms with E-state index >= 15 is 0 Å². The van der Waals surface area contributed by atoms with Crippen molar-refractivity contribution in [1.82, 2.24) is 9.55 Å². The van der Waals surface area contributed by atoms with E-state index in [4.69, 9.17) is 4.74 Å². The maximum atomic E-state index is 11.8. The molecular weight excluding hydrogens is 260 g/mol. The van der Waals surface area contributed by atoms with Crippen molar-refractivity contribution in [3.63, 3.8) is 0 Å². The van der Waals surface area contributed by atoms with E-state index in [-0.39, 0.29) is 13.2 Å². The fraction of sp³-hybridized carbons (Fsp3) is 0.214. The Bertz CT molecular complexity index is 716. The van der Waals surface area contributed by atoms with Crippen molar-refractivity contribution in [3.05, 3.63) is 57.4 Å². The van der Waals surface area contributed by atoms with E-state index in [9.17, 15) is 14.4 Å². The van der Waals surface area contributed by atoms with E-state index in [0.717, 1.165) is 5.56 Å². The van der Waals surface area contributed by atoms with Crippen LogP contribution in [0.25, 0.3) is 11.1 Å². The quantitative estimate of drug-likeness (QED) is 0.835. The normalized spacial score (nSPS) is 10.2. The molecule has 0 unspecified atom stereocenters. The highest BCUT2D eigenvalue weighted by Gasteiger charge is 2.07. The van der Waals surface area contributed by atoms with Crippen LogP contribution in [0.1, 0.15) is 6.92 Å². The van der Waals surface area contributed by atoms with E-state index < -0.39 is 17.2 Å². The molecule has 0 aliphatic rings. The molecule has 0 saturated carbocycles. The summed E-state index contributed by atoms with van der Waals surface area (Å²) in [7, 11) is 0. The molecule has 0 aliphatic carbocycles. The molecule has 6 nitrogen and oxygen atoms in total. The molecule has 104 valence electrons. The van der Waals surface area contributed by atoms with Gasteiger partial charge in [0.1, 0.15) is 6.61 Å². The second-order valence-electron chi connectivity index (χ2n) is 4.20.